The van der Waals surface area contributed by atoms with Crippen molar-refractivity contribution in [2.75, 3.05) is 47.1 Å². The zero-order valence-corrected chi connectivity index (χ0v) is 17.6. The number of hydrogen-bond donors (Lipinski definition) is 2. The van der Waals surface area contributed by atoms with Crippen molar-refractivity contribution in [3.63, 3.8) is 0 Å². The van der Waals surface area contributed by atoms with E-state index in [0.717, 1.165) is 24.2 Å². The summed E-state index contributed by atoms with van der Waals surface area (Å²) in [4.78, 5) is 18.2. The number of methoxy groups -OCH3 is 2. The third kappa shape index (κ3) is 4.65. The van der Waals surface area contributed by atoms with Gasteiger partial charge in [-0.3, -0.25) is 9.69 Å². The third-order valence-electron chi connectivity index (χ3n) is 5.56. The Morgan fingerprint density at radius 3 is 2.65 bits per heavy atom. The van der Waals surface area contributed by atoms with E-state index in [1.54, 1.807) is 26.4 Å². The number of carbonyl (C=O) groups is 1. The molecule has 1 aromatic heterocycles. The fraction of sp³-hybridized carbons (Fsp3) is 0.348. The Morgan fingerprint density at radius 2 is 1.90 bits per heavy atom. The Bertz CT molecular complexity index is 1060. The molecule has 1 amide bonds. The van der Waals surface area contributed by atoms with E-state index < -0.39 is 0 Å². The smallest absolute Gasteiger partial charge is 0.267 e. The van der Waals surface area contributed by atoms with Gasteiger partial charge in [-0.2, -0.15) is 0 Å². The minimum absolute atomic E-state index is 0.0607. The highest BCUT2D eigenvalue weighted by atomic mass is 19.1. The number of H-pyrrole nitrogens is 1. The van der Waals surface area contributed by atoms with Gasteiger partial charge in [-0.25, -0.2) is 4.39 Å². The number of ether oxygens (including phenoxy) is 3. The van der Waals surface area contributed by atoms with Gasteiger partial charge in [-0.1, -0.05) is 6.07 Å². The largest absolute Gasteiger partial charge is 0.493 e. The second-order valence-electron chi connectivity index (χ2n) is 7.40. The molecule has 1 saturated heterocycles. The van der Waals surface area contributed by atoms with Crippen LogP contribution >= 0.6 is 0 Å². The van der Waals surface area contributed by atoms with Crippen molar-refractivity contribution in [3.8, 4) is 11.5 Å². The highest BCUT2D eigenvalue weighted by Gasteiger charge is 2.25. The molecule has 0 saturated carbocycles. The van der Waals surface area contributed by atoms with Gasteiger partial charge in [-0.15, -0.1) is 0 Å². The molecule has 3 aromatic rings. The average Bonchev–Trinajstić information content (AvgIpc) is 3.23. The number of amides is 1. The fourth-order valence-electron chi connectivity index (χ4n) is 3.92. The van der Waals surface area contributed by atoms with Crippen LogP contribution in [0.5, 0.6) is 11.5 Å². The molecule has 1 fully saturated rings. The van der Waals surface area contributed by atoms with Crippen LogP contribution < -0.4 is 14.8 Å². The summed E-state index contributed by atoms with van der Waals surface area (Å²) in [5, 5.41) is 3.68. The zero-order valence-electron chi connectivity index (χ0n) is 17.6. The van der Waals surface area contributed by atoms with Crippen molar-refractivity contribution >= 4 is 16.8 Å². The van der Waals surface area contributed by atoms with E-state index in [0.29, 0.717) is 42.3 Å². The van der Waals surface area contributed by atoms with Crippen molar-refractivity contribution in [3.05, 3.63) is 59.5 Å². The van der Waals surface area contributed by atoms with Gasteiger partial charge >= 0.3 is 0 Å². The maximum absolute atomic E-state index is 13.5. The fourth-order valence-corrected chi connectivity index (χ4v) is 3.92. The van der Waals surface area contributed by atoms with E-state index in [1.165, 1.54) is 12.1 Å². The number of carbonyl (C=O) groups excluding carboxylic acids is 1. The topological polar surface area (TPSA) is 75.8 Å². The Kier molecular flexibility index (Phi) is 6.39. The zero-order chi connectivity index (χ0) is 21.8. The van der Waals surface area contributed by atoms with Gasteiger partial charge in [0.15, 0.2) is 11.5 Å². The van der Waals surface area contributed by atoms with Gasteiger partial charge in [0.1, 0.15) is 11.5 Å². The molecule has 0 aliphatic carbocycles. The minimum Gasteiger partial charge on any atom is -0.493 e. The number of rotatable bonds is 7. The van der Waals surface area contributed by atoms with Gasteiger partial charge in [-0.05, 0) is 42.0 Å². The van der Waals surface area contributed by atoms with Gasteiger partial charge in [0.25, 0.3) is 5.91 Å². The molecule has 8 heteroatoms. The average molecular weight is 427 g/mol. The highest BCUT2D eigenvalue weighted by Crippen LogP contribution is 2.32. The van der Waals surface area contributed by atoms with Gasteiger partial charge in [0, 0.05) is 30.5 Å². The number of morpholine rings is 1. The maximum atomic E-state index is 13.5. The molecule has 31 heavy (non-hydrogen) atoms. The molecule has 1 unspecified atom stereocenters. The number of benzene rings is 2. The number of nitrogens with one attached hydrogen (secondary N) is 2. The molecule has 2 aromatic carbocycles. The Morgan fingerprint density at radius 1 is 1.13 bits per heavy atom. The molecule has 2 N–H and O–H groups in total. The standard InChI is InChI=1S/C23H26FN3O4/c1-29-21-6-3-15(13-22(21)30-2)20(27-7-9-31-10-8-27)14-25-23(28)19-12-16-11-17(24)4-5-18(16)26-19/h3-6,11-13,20,26H,7-10,14H2,1-2H3,(H,25,28). The molecule has 1 aliphatic rings. The number of fused-ring (bicyclic) bond motifs is 1. The molecule has 7 nitrogen and oxygen atoms in total. The summed E-state index contributed by atoms with van der Waals surface area (Å²) in [6.45, 7) is 3.22. The number of hydrogen-bond acceptors (Lipinski definition) is 5. The maximum Gasteiger partial charge on any atom is 0.267 e. The lowest BCUT2D eigenvalue weighted by Crippen LogP contribution is -2.43. The molecule has 0 spiro atoms. The SMILES string of the molecule is COc1ccc(C(CNC(=O)c2cc3cc(F)ccc3[nH]2)N2CCOCC2)cc1OC. The van der Waals surface area contributed by atoms with Gasteiger partial charge in [0.05, 0.1) is 33.5 Å². The number of halogens is 1. The summed E-state index contributed by atoms with van der Waals surface area (Å²) >= 11 is 0. The van der Waals surface area contributed by atoms with E-state index in [-0.39, 0.29) is 17.8 Å². The molecule has 1 aliphatic heterocycles. The first kappa shape index (κ1) is 21.1. The predicted octanol–water partition coefficient (Wildman–Crippen LogP) is 3.13. The van der Waals surface area contributed by atoms with Crippen molar-refractivity contribution in [1.82, 2.24) is 15.2 Å². The van der Waals surface area contributed by atoms with Crippen LogP contribution in [0.1, 0.15) is 22.1 Å². The van der Waals surface area contributed by atoms with Crippen LogP contribution in [-0.2, 0) is 4.74 Å². The van der Waals surface area contributed by atoms with Crippen LogP contribution in [0.3, 0.4) is 0 Å². The third-order valence-corrected chi connectivity index (χ3v) is 5.56. The summed E-state index contributed by atoms with van der Waals surface area (Å²) < 4.78 is 29.8. The Balaban J connectivity index is 1.55. The minimum atomic E-state index is -0.334. The van der Waals surface area contributed by atoms with Crippen LogP contribution in [0.4, 0.5) is 4.39 Å². The predicted molar refractivity (Wildman–Crippen MR) is 115 cm³/mol. The molecule has 4 rings (SSSR count). The summed E-state index contributed by atoms with van der Waals surface area (Å²) in [7, 11) is 3.20. The first-order valence-electron chi connectivity index (χ1n) is 10.2. The van der Waals surface area contributed by atoms with Gasteiger partial charge in [0.2, 0.25) is 0 Å². The molecular formula is C23H26FN3O4. The Labute approximate surface area is 180 Å². The molecule has 0 bridgehead atoms. The quantitative estimate of drug-likeness (QED) is 0.606. The highest BCUT2D eigenvalue weighted by molar-refractivity contribution is 5.98. The van der Waals surface area contributed by atoms with Crippen LogP contribution in [0.2, 0.25) is 0 Å². The van der Waals surface area contributed by atoms with Crippen LogP contribution in [-0.4, -0.2) is 62.9 Å². The number of aromatic nitrogens is 1. The summed E-state index contributed by atoms with van der Waals surface area (Å²) in [6.07, 6.45) is 0. The van der Waals surface area contributed by atoms with Crippen LogP contribution in [0, 0.1) is 5.82 Å². The van der Waals surface area contributed by atoms with Crippen molar-refractivity contribution in [2.24, 2.45) is 0 Å². The lowest BCUT2D eigenvalue weighted by atomic mass is 10.0. The summed E-state index contributed by atoms with van der Waals surface area (Å²) in [5.41, 5.74) is 2.13. The lowest BCUT2D eigenvalue weighted by molar-refractivity contribution is 0.0161. The molecule has 1 atom stereocenters. The lowest BCUT2D eigenvalue weighted by Gasteiger charge is -2.35. The Hall–Kier alpha value is -3.10. The molecule has 2 heterocycles. The molecular weight excluding hydrogens is 401 g/mol. The van der Waals surface area contributed by atoms with E-state index in [9.17, 15) is 9.18 Å². The molecule has 0 radical (unpaired) electrons. The van der Waals surface area contributed by atoms with Gasteiger partial charge < -0.3 is 24.5 Å². The van der Waals surface area contributed by atoms with E-state index in [4.69, 9.17) is 14.2 Å². The van der Waals surface area contributed by atoms with Crippen molar-refractivity contribution in [1.29, 1.82) is 0 Å². The second kappa shape index (κ2) is 9.36. The van der Waals surface area contributed by atoms with E-state index >= 15 is 0 Å². The van der Waals surface area contributed by atoms with Crippen molar-refractivity contribution in [2.45, 2.75) is 6.04 Å². The van der Waals surface area contributed by atoms with Crippen LogP contribution in [0.25, 0.3) is 10.9 Å². The number of aromatic amines is 1. The summed E-state index contributed by atoms with van der Waals surface area (Å²) in [6, 6.07) is 11.8. The second-order valence-corrected chi connectivity index (χ2v) is 7.40. The van der Waals surface area contributed by atoms with Crippen molar-refractivity contribution < 1.29 is 23.4 Å². The summed E-state index contributed by atoms with van der Waals surface area (Å²) in [5.74, 6) is 0.721. The van der Waals surface area contributed by atoms with E-state index in [1.807, 2.05) is 18.2 Å². The monoisotopic (exact) mass is 427 g/mol. The number of nitrogens with zero attached hydrogens (tertiary/aromatic N) is 1. The van der Waals surface area contributed by atoms with Crippen LogP contribution in [0.15, 0.2) is 42.5 Å². The normalized spacial score (nSPS) is 15.6. The first-order chi connectivity index (χ1) is 15.1. The molecule has 164 valence electrons. The van der Waals surface area contributed by atoms with E-state index in [2.05, 4.69) is 15.2 Å². The first-order valence-corrected chi connectivity index (χ1v) is 10.2.